The molecule has 1 rings (SSSR count). The minimum absolute atomic E-state index is 0.282. The first-order chi connectivity index (χ1) is 3.80. The standard InChI is InChI=1S/C4H4O3S/c5-4(6)3-1-2-7-8-3/h1H,2H2,(H,5,6). The maximum atomic E-state index is 10.0. The molecular formula is C4H4O3S. The SMILES string of the molecule is O=C(O)C1=CCOS1. The maximum absolute atomic E-state index is 10.0. The predicted molar refractivity (Wildman–Crippen MR) is 29.3 cm³/mol. The summed E-state index contributed by atoms with van der Waals surface area (Å²) in [6.45, 7) is 0.409. The van der Waals surface area contributed by atoms with Gasteiger partial charge in [-0.15, -0.1) is 0 Å². The summed E-state index contributed by atoms with van der Waals surface area (Å²) in [6, 6.07) is 0. The lowest BCUT2D eigenvalue weighted by molar-refractivity contribution is -0.131. The largest absolute Gasteiger partial charge is 0.477 e. The molecule has 44 valence electrons. The third-order valence-electron chi connectivity index (χ3n) is 0.696. The van der Waals surface area contributed by atoms with E-state index in [9.17, 15) is 4.79 Å². The lowest BCUT2D eigenvalue weighted by Crippen LogP contribution is -1.92. The van der Waals surface area contributed by atoms with Gasteiger partial charge >= 0.3 is 5.97 Å². The first-order valence-corrected chi connectivity index (χ1v) is 2.78. The Balaban J connectivity index is 2.57. The van der Waals surface area contributed by atoms with Gasteiger partial charge < -0.3 is 9.29 Å². The van der Waals surface area contributed by atoms with Crippen LogP contribution in [0.4, 0.5) is 0 Å². The molecule has 4 heteroatoms. The molecule has 0 spiro atoms. The number of aliphatic carboxylic acids is 1. The highest BCUT2D eigenvalue weighted by Crippen LogP contribution is 2.22. The van der Waals surface area contributed by atoms with E-state index in [-0.39, 0.29) is 4.91 Å². The van der Waals surface area contributed by atoms with Crippen LogP contribution in [0.1, 0.15) is 0 Å². The van der Waals surface area contributed by atoms with Crippen LogP contribution in [0.5, 0.6) is 0 Å². The van der Waals surface area contributed by atoms with Crippen LogP contribution in [0.15, 0.2) is 11.0 Å². The van der Waals surface area contributed by atoms with Crippen LogP contribution in [0.2, 0.25) is 0 Å². The van der Waals surface area contributed by atoms with Gasteiger partial charge in [-0.2, -0.15) is 0 Å². The monoisotopic (exact) mass is 132 g/mol. The van der Waals surface area contributed by atoms with Crippen molar-refractivity contribution in [2.24, 2.45) is 0 Å². The molecule has 1 N–H and O–H groups in total. The van der Waals surface area contributed by atoms with E-state index in [1.54, 1.807) is 0 Å². The number of hydrogen-bond acceptors (Lipinski definition) is 3. The van der Waals surface area contributed by atoms with Gasteiger partial charge in [0.2, 0.25) is 0 Å². The van der Waals surface area contributed by atoms with Gasteiger partial charge in [-0.3, -0.25) is 0 Å². The van der Waals surface area contributed by atoms with Crippen LogP contribution < -0.4 is 0 Å². The summed E-state index contributed by atoms with van der Waals surface area (Å²) in [4.78, 5) is 10.3. The Bertz CT molecular complexity index is 140. The van der Waals surface area contributed by atoms with E-state index in [1.807, 2.05) is 0 Å². The highest BCUT2D eigenvalue weighted by atomic mass is 32.2. The predicted octanol–water partition coefficient (Wildman–Crippen LogP) is 0.633. The summed E-state index contributed by atoms with van der Waals surface area (Å²) in [7, 11) is 0. The molecule has 1 heterocycles. The Morgan fingerprint density at radius 3 is 3.00 bits per heavy atom. The average Bonchev–Trinajstić information content (AvgIpc) is 2.12. The topological polar surface area (TPSA) is 46.5 Å². The molecular weight excluding hydrogens is 128 g/mol. The summed E-state index contributed by atoms with van der Waals surface area (Å²) >= 11 is 0.912. The molecule has 3 nitrogen and oxygen atoms in total. The second kappa shape index (κ2) is 2.19. The van der Waals surface area contributed by atoms with Gasteiger partial charge in [0, 0.05) is 12.0 Å². The quantitative estimate of drug-likeness (QED) is 0.531. The number of rotatable bonds is 1. The van der Waals surface area contributed by atoms with E-state index in [0.29, 0.717) is 6.61 Å². The third-order valence-corrected chi connectivity index (χ3v) is 1.47. The van der Waals surface area contributed by atoms with Gasteiger partial charge in [-0.05, 0) is 6.08 Å². The molecule has 8 heavy (non-hydrogen) atoms. The van der Waals surface area contributed by atoms with Crippen LogP contribution in [-0.2, 0) is 8.98 Å². The molecule has 0 aliphatic carbocycles. The summed E-state index contributed by atoms with van der Waals surface area (Å²) in [5.41, 5.74) is 0. The number of carboxylic acid groups (broad SMARTS) is 1. The smallest absolute Gasteiger partial charge is 0.344 e. The Kier molecular flexibility index (Phi) is 1.55. The van der Waals surface area contributed by atoms with Crippen LogP contribution in [0, 0.1) is 0 Å². The van der Waals surface area contributed by atoms with E-state index in [1.165, 1.54) is 6.08 Å². The molecule has 1 aliphatic heterocycles. The summed E-state index contributed by atoms with van der Waals surface area (Å²) in [5.74, 6) is -0.910. The van der Waals surface area contributed by atoms with Crippen LogP contribution >= 0.6 is 12.0 Å². The van der Waals surface area contributed by atoms with Crippen molar-refractivity contribution in [2.45, 2.75) is 0 Å². The van der Waals surface area contributed by atoms with E-state index in [2.05, 4.69) is 4.18 Å². The zero-order chi connectivity index (χ0) is 5.98. The summed E-state index contributed by atoms with van der Waals surface area (Å²) < 4.78 is 4.66. The molecule has 0 aromatic rings. The van der Waals surface area contributed by atoms with Crippen molar-refractivity contribution in [1.82, 2.24) is 0 Å². The van der Waals surface area contributed by atoms with Crippen molar-refractivity contribution in [2.75, 3.05) is 6.61 Å². The molecule has 0 bridgehead atoms. The maximum Gasteiger partial charge on any atom is 0.344 e. The molecule has 0 atom stereocenters. The highest BCUT2D eigenvalue weighted by molar-refractivity contribution is 7.99. The summed E-state index contributed by atoms with van der Waals surface area (Å²) in [6.07, 6.45) is 1.53. The van der Waals surface area contributed by atoms with Crippen molar-refractivity contribution in [3.05, 3.63) is 11.0 Å². The molecule has 0 unspecified atom stereocenters. The molecule has 0 fully saturated rings. The number of hydrogen-bond donors (Lipinski definition) is 1. The van der Waals surface area contributed by atoms with Gasteiger partial charge in [0.25, 0.3) is 0 Å². The molecule has 0 aromatic heterocycles. The fraction of sp³-hybridized carbons (Fsp3) is 0.250. The lowest BCUT2D eigenvalue weighted by Gasteiger charge is -1.86. The Morgan fingerprint density at radius 1 is 2.00 bits per heavy atom. The van der Waals surface area contributed by atoms with Crippen molar-refractivity contribution >= 4 is 18.0 Å². The third kappa shape index (κ3) is 1.02. The van der Waals surface area contributed by atoms with Gasteiger partial charge in [0.05, 0.1) is 6.61 Å². The average molecular weight is 132 g/mol. The fourth-order valence-electron chi connectivity index (χ4n) is 0.364. The first kappa shape index (κ1) is 5.65. The Morgan fingerprint density at radius 2 is 2.75 bits per heavy atom. The molecule has 0 amide bonds. The zero-order valence-corrected chi connectivity index (χ0v) is 4.77. The minimum Gasteiger partial charge on any atom is -0.477 e. The fourth-order valence-corrected chi connectivity index (χ4v) is 0.835. The lowest BCUT2D eigenvalue weighted by atomic mass is 10.5. The normalized spacial score (nSPS) is 18.2. The number of carbonyl (C=O) groups is 1. The van der Waals surface area contributed by atoms with E-state index >= 15 is 0 Å². The van der Waals surface area contributed by atoms with Gasteiger partial charge in [0.1, 0.15) is 4.91 Å². The Labute approximate surface area is 50.5 Å². The van der Waals surface area contributed by atoms with Gasteiger partial charge in [0.15, 0.2) is 0 Å². The first-order valence-electron chi connectivity index (χ1n) is 2.03. The van der Waals surface area contributed by atoms with E-state index in [0.717, 1.165) is 12.0 Å². The van der Waals surface area contributed by atoms with Crippen molar-refractivity contribution < 1.29 is 14.1 Å². The molecule has 0 radical (unpaired) electrons. The number of carboxylic acids is 1. The van der Waals surface area contributed by atoms with E-state index in [4.69, 9.17) is 5.11 Å². The van der Waals surface area contributed by atoms with Crippen molar-refractivity contribution in [3.8, 4) is 0 Å². The highest BCUT2D eigenvalue weighted by Gasteiger charge is 2.12. The van der Waals surface area contributed by atoms with Gasteiger partial charge in [-0.1, -0.05) is 0 Å². The van der Waals surface area contributed by atoms with Crippen molar-refractivity contribution in [1.29, 1.82) is 0 Å². The van der Waals surface area contributed by atoms with Crippen molar-refractivity contribution in [3.63, 3.8) is 0 Å². The summed E-state index contributed by atoms with van der Waals surface area (Å²) in [5, 5.41) is 8.24. The van der Waals surface area contributed by atoms with Crippen LogP contribution in [0.25, 0.3) is 0 Å². The second-order valence-corrected chi connectivity index (χ2v) is 2.08. The minimum atomic E-state index is -0.910. The molecule has 0 aromatic carbocycles. The van der Waals surface area contributed by atoms with Crippen LogP contribution in [0.3, 0.4) is 0 Å². The second-order valence-electron chi connectivity index (χ2n) is 1.24. The Hall–Kier alpha value is -0.480. The van der Waals surface area contributed by atoms with Gasteiger partial charge in [-0.25, -0.2) is 4.79 Å². The zero-order valence-electron chi connectivity index (χ0n) is 3.96. The molecule has 0 saturated carbocycles. The molecule has 1 aliphatic rings. The molecule has 0 saturated heterocycles. The van der Waals surface area contributed by atoms with Crippen LogP contribution in [-0.4, -0.2) is 17.7 Å². The van der Waals surface area contributed by atoms with E-state index < -0.39 is 5.97 Å².